The molecule has 0 saturated carbocycles. The van der Waals surface area contributed by atoms with Gasteiger partial charge in [-0.15, -0.1) is 10.2 Å². The van der Waals surface area contributed by atoms with E-state index in [0.717, 1.165) is 32.0 Å². The third-order valence-electron chi connectivity index (χ3n) is 5.56. The van der Waals surface area contributed by atoms with Gasteiger partial charge in [-0.05, 0) is 69.5 Å². The zero-order valence-corrected chi connectivity index (χ0v) is 24.2. The Kier molecular flexibility index (Phi) is 7.52. The van der Waals surface area contributed by atoms with E-state index < -0.39 is 0 Å². The summed E-state index contributed by atoms with van der Waals surface area (Å²) in [6.45, 7) is 0.290. The molecule has 0 aliphatic heterocycles. The van der Waals surface area contributed by atoms with Gasteiger partial charge in [0.05, 0.1) is 33.4 Å². The number of nitrogens with zero attached hydrogens (tertiary/aromatic N) is 5. The van der Waals surface area contributed by atoms with Crippen LogP contribution in [-0.2, 0) is 13.7 Å². The molecule has 1 N–H and O–H groups in total. The summed E-state index contributed by atoms with van der Waals surface area (Å²) in [4.78, 5) is 4.58. The van der Waals surface area contributed by atoms with Crippen LogP contribution in [0.3, 0.4) is 0 Å². The topological polar surface area (TPSA) is 86.5 Å². The van der Waals surface area contributed by atoms with Gasteiger partial charge in [0.15, 0.2) is 17.1 Å². The van der Waals surface area contributed by atoms with Crippen molar-refractivity contribution >= 4 is 89.3 Å². The molecule has 0 aliphatic rings. The predicted molar refractivity (Wildman–Crippen MR) is 154 cm³/mol. The third kappa shape index (κ3) is 5.38. The first-order valence-electron chi connectivity index (χ1n) is 10.9. The summed E-state index contributed by atoms with van der Waals surface area (Å²) < 4.78 is 15.2. The average molecular weight is 665 g/mol. The van der Waals surface area contributed by atoms with E-state index in [1.54, 1.807) is 25.5 Å². The Hall–Kier alpha value is -2.92. The molecule has 5 rings (SSSR count). The number of rotatable bonds is 7. The van der Waals surface area contributed by atoms with Crippen LogP contribution >= 0.6 is 55.1 Å². The number of benzene rings is 3. The molecule has 0 unspecified atom stereocenters. The Morgan fingerprint density at radius 3 is 2.68 bits per heavy atom. The molecule has 2 aromatic heterocycles. The van der Waals surface area contributed by atoms with Gasteiger partial charge < -0.3 is 14.0 Å². The molecule has 0 aliphatic carbocycles. The quantitative estimate of drug-likeness (QED) is 0.144. The molecular weight excluding hydrogens is 647 g/mol. The Balaban J connectivity index is 1.33. The molecule has 3 aromatic carbocycles. The highest BCUT2D eigenvalue weighted by Gasteiger charge is 2.14. The molecule has 0 bridgehead atoms. The number of anilines is 1. The van der Waals surface area contributed by atoms with Crippen LogP contribution in [-0.4, -0.2) is 33.1 Å². The smallest absolute Gasteiger partial charge is 0.265 e. The minimum absolute atomic E-state index is 0.279. The average Bonchev–Trinajstić information content (AvgIpc) is 3.15. The van der Waals surface area contributed by atoms with Crippen molar-refractivity contribution in [1.82, 2.24) is 19.7 Å². The Morgan fingerprint density at radius 1 is 1.05 bits per heavy atom. The van der Waals surface area contributed by atoms with E-state index in [0.29, 0.717) is 38.3 Å². The van der Waals surface area contributed by atoms with Gasteiger partial charge in [0, 0.05) is 16.9 Å². The summed E-state index contributed by atoms with van der Waals surface area (Å²) in [6.07, 6.45) is 1.63. The van der Waals surface area contributed by atoms with Gasteiger partial charge in [0.25, 0.3) is 5.95 Å². The second-order valence-corrected chi connectivity index (χ2v) is 10.6. The lowest BCUT2D eigenvalue weighted by Crippen LogP contribution is -2.02. The van der Waals surface area contributed by atoms with Crippen LogP contribution in [0.5, 0.6) is 11.5 Å². The van der Waals surface area contributed by atoms with Crippen LogP contribution in [0.25, 0.3) is 22.1 Å². The highest BCUT2D eigenvalue weighted by atomic mass is 79.9. The number of nitrogens with one attached hydrogen (secondary N) is 1. The van der Waals surface area contributed by atoms with E-state index in [4.69, 9.17) is 32.7 Å². The summed E-state index contributed by atoms with van der Waals surface area (Å²) in [5.41, 5.74) is 6.93. The Bertz CT molecular complexity index is 1680. The number of hydrogen-bond donors (Lipinski definition) is 1. The van der Waals surface area contributed by atoms with Gasteiger partial charge in [-0.2, -0.15) is 10.1 Å². The fraction of sp³-hybridized carbons (Fsp3) is 0.120. The minimum Gasteiger partial charge on any atom is -0.493 e. The number of methoxy groups -OCH3 is 1. The molecule has 0 amide bonds. The van der Waals surface area contributed by atoms with E-state index in [-0.39, 0.29) is 5.95 Å². The van der Waals surface area contributed by atoms with E-state index in [1.165, 1.54) is 0 Å². The summed E-state index contributed by atoms with van der Waals surface area (Å²) in [6, 6.07) is 15.0. The molecule has 0 fully saturated rings. The van der Waals surface area contributed by atoms with Gasteiger partial charge >= 0.3 is 0 Å². The van der Waals surface area contributed by atoms with E-state index >= 15 is 0 Å². The number of fused-ring (bicyclic) bond motifs is 3. The van der Waals surface area contributed by atoms with E-state index in [1.807, 2.05) is 48.0 Å². The molecule has 5 aromatic rings. The second-order valence-electron chi connectivity index (χ2n) is 7.97. The van der Waals surface area contributed by atoms with Crippen LogP contribution in [0.15, 0.2) is 62.6 Å². The molecule has 0 saturated heterocycles. The van der Waals surface area contributed by atoms with Gasteiger partial charge in [-0.25, -0.2) is 5.43 Å². The van der Waals surface area contributed by atoms with E-state index in [2.05, 4.69) is 57.6 Å². The molecule has 37 heavy (non-hydrogen) atoms. The van der Waals surface area contributed by atoms with E-state index in [9.17, 15) is 0 Å². The van der Waals surface area contributed by atoms with Crippen molar-refractivity contribution < 1.29 is 9.47 Å². The number of halogens is 4. The molecule has 8 nitrogen and oxygen atoms in total. The Labute approximate surface area is 238 Å². The monoisotopic (exact) mass is 662 g/mol. The first-order chi connectivity index (χ1) is 17.8. The lowest BCUT2D eigenvalue weighted by atomic mass is 10.2. The SMILES string of the molecule is COc1cc(/C=N/Nc2nnc3c4cc(Br)ccc4n(C)c3n2)cc(Br)c1OCc1ccc(Cl)c(Cl)c1. The predicted octanol–water partition coefficient (Wildman–Crippen LogP) is 7.38. The minimum atomic E-state index is 0.279. The van der Waals surface area contributed by atoms with Crippen molar-refractivity contribution in [2.75, 3.05) is 12.5 Å². The fourth-order valence-corrected chi connectivity index (χ4v) is 5.04. The summed E-state index contributed by atoms with van der Waals surface area (Å²) in [5, 5.41) is 14.7. The standard InChI is InChI=1S/C25H18Br2Cl2N6O2/c1-35-20-6-4-15(26)10-16(20)22-24(35)31-25(34-32-22)33-30-11-14-7-17(27)23(21(9-14)36-2)37-12-13-3-5-18(28)19(29)8-13/h3-11H,12H2,1-2H3,(H,31,33,34)/b30-11+. The van der Waals surface area contributed by atoms with Gasteiger partial charge in [-0.3, -0.25) is 0 Å². The number of hydrazone groups is 1. The van der Waals surface area contributed by atoms with Crippen LogP contribution in [0.4, 0.5) is 5.95 Å². The summed E-state index contributed by atoms with van der Waals surface area (Å²) in [5.74, 6) is 1.37. The highest BCUT2D eigenvalue weighted by molar-refractivity contribution is 9.10. The van der Waals surface area contributed by atoms with Crippen molar-refractivity contribution in [2.24, 2.45) is 12.1 Å². The molecule has 0 spiro atoms. The van der Waals surface area contributed by atoms with Gasteiger partial charge in [-0.1, -0.05) is 45.2 Å². The molecule has 12 heteroatoms. The first-order valence-corrected chi connectivity index (χ1v) is 13.2. The van der Waals surface area contributed by atoms with Gasteiger partial charge in [0.2, 0.25) is 0 Å². The molecule has 0 radical (unpaired) electrons. The van der Waals surface area contributed by atoms with Crippen LogP contribution in [0, 0.1) is 0 Å². The lowest BCUT2D eigenvalue weighted by Gasteiger charge is -2.14. The van der Waals surface area contributed by atoms with Crippen molar-refractivity contribution in [2.45, 2.75) is 6.61 Å². The summed E-state index contributed by atoms with van der Waals surface area (Å²) >= 11 is 19.2. The molecule has 2 heterocycles. The largest absolute Gasteiger partial charge is 0.493 e. The van der Waals surface area contributed by atoms with Crippen molar-refractivity contribution in [3.8, 4) is 11.5 Å². The summed E-state index contributed by atoms with van der Waals surface area (Å²) in [7, 11) is 3.51. The first kappa shape index (κ1) is 25.7. The van der Waals surface area contributed by atoms with Crippen molar-refractivity contribution in [3.63, 3.8) is 0 Å². The van der Waals surface area contributed by atoms with Crippen molar-refractivity contribution in [3.05, 3.63) is 78.6 Å². The zero-order chi connectivity index (χ0) is 26.1. The maximum atomic E-state index is 6.10. The maximum absolute atomic E-state index is 6.10. The Morgan fingerprint density at radius 2 is 1.89 bits per heavy atom. The fourth-order valence-electron chi connectivity index (χ4n) is 3.78. The number of ether oxygens (including phenoxy) is 2. The van der Waals surface area contributed by atoms with Crippen molar-refractivity contribution in [1.29, 1.82) is 0 Å². The van der Waals surface area contributed by atoms with Gasteiger partial charge in [0.1, 0.15) is 12.1 Å². The lowest BCUT2D eigenvalue weighted by molar-refractivity contribution is 0.282. The number of aromatic nitrogens is 4. The van der Waals surface area contributed by atoms with Crippen LogP contribution < -0.4 is 14.9 Å². The third-order valence-corrected chi connectivity index (χ3v) is 7.38. The molecule has 0 atom stereocenters. The zero-order valence-electron chi connectivity index (χ0n) is 19.5. The van der Waals surface area contributed by atoms with Crippen LogP contribution in [0.2, 0.25) is 10.0 Å². The number of hydrogen-bond acceptors (Lipinski definition) is 7. The second kappa shape index (κ2) is 10.8. The highest BCUT2D eigenvalue weighted by Crippen LogP contribution is 2.37. The molecule has 188 valence electrons. The molecular formula is C25H18Br2Cl2N6O2. The van der Waals surface area contributed by atoms with Crippen LogP contribution in [0.1, 0.15) is 11.1 Å². The number of aryl methyl sites for hydroxylation is 1. The maximum Gasteiger partial charge on any atom is 0.265 e. The normalized spacial score (nSPS) is 11.5.